The Morgan fingerprint density at radius 3 is 2.95 bits per heavy atom. The van der Waals surface area contributed by atoms with Gasteiger partial charge < -0.3 is 20.1 Å². The van der Waals surface area contributed by atoms with Crippen LogP contribution in [0.2, 0.25) is 0 Å². The zero-order valence-electron chi connectivity index (χ0n) is 12.7. The Morgan fingerprint density at radius 1 is 1.55 bits per heavy atom. The molecule has 1 aliphatic rings. The maximum atomic E-state index is 9.40. The summed E-state index contributed by atoms with van der Waals surface area (Å²) in [4.78, 5) is 11.0. The predicted molar refractivity (Wildman–Crippen MR) is 79.2 cm³/mol. The molecule has 0 saturated carbocycles. The fourth-order valence-corrected chi connectivity index (χ4v) is 2.55. The van der Waals surface area contributed by atoms with Gasteiger partial charge in [-0.1, -0.05) is 0 Å². The number of aryl methyl sites for hydroxylation is 1. The number of ether oxygens (including phenoxy) is 1. The van der Waals surface area contributed by atoms with E-state index in [0.717, 1.165) is 24.5 Å². The quantitative estimate of drug-likeness (QED) is 0.863. The van der Waals surface area contributed by atoms with E-state index in [2.05, 4.69) is 20.2 Å². The zero-order valence-corrected chi connectivity index (χ0v) is 12.7. The van der Waals surface area contributed by atoms with Crippen LogP contribution >= 0.6 is 0 Å². The molecule has 1 aliphatic heterocycles. The molecule has 112 valence electrons. The van der Waals surface area contributed by atoms with Crippen LogP contribution in [0.4, 0.5) is 11.8 Å². The van der Waals surface area contributed by atoms with Crippen LogP contribution < -0.4 is 10.2 Å². The molecule has 1 fully saturated rings. The van der Waals surface area contributed by atoms with Gasteiger partial charge in [0.05, 0.1) is 18.3 Å². The van der Waals surface area contributed by atoms with Gasteiger partial charge in [-0.05, 0) is 27.7 Å². The van der Waals surface area contributed by atoms with E-state index in [4.69, 9.17) is 4.74 Å². The summed E-state index contributed by atoms with van der Waals surface area (Å²) in [5.74, 6) is 1.55. The van der Waals surface area contributed by atoms with Crippen molar-refractivity contribution in [2.45, 2.75) is 39.4 Å². The van der Waals surface area contributed by atoms with Gasteiger partial charge in [-0.15, -0.1) is 0 Å². The lowest BCUT2D eigenvalue weighted by atomic mass is 10.0. The highest BCUT2D eigenvalue weighted by atomic mass is 16.5. The van der Waals surface area contributed by atoms with E-state index < -0.39 is 0 Å². The fourth-order valence-electron chi connectivity index (χ4n) is 2.55. The van der Waals surface area contributed by atoms with Crippen molar-refractivity contribution in [2.24, 2.45) is 0 Å². The van der Waals surface area contributed by atoms with Crippen LogP contribution in [0.25, 0.3) is 0 Å². The maximum Gasteiger partial charge on any atom is 0.224 e. The summed E-state index contributed by atoms with van der Waals surface area (Å²) in [6.45, 7) is 10.3. The smallest absolute Gasteiger partial charge is 0.224 e. The fraction of sp³-hybridized carbons (Fsp3) is 0.714. The molecule has 1 saturated heterocycles. The van der Waals surface area contributed by atoms with Crippen LogP contribution in [0.3, 0.4) is 0 Å². The number of nitrogens with one attached hydrogen (secondary N) is 1. The molecule has 20 heavy (non-hydrogen) atoms. The third-order valence-electron chi connectivity index (χ3n) is 3.26. The van der Waals surface area contributed by atoms with Crippen LogP contribution in [-0.2, 0) is 4.74 Å². The number of aliphatic hydroxyl groups is 1. The van der Waals surface area contributed by atoms with Crippen molar-refractivity contribution in [3.8, 4) is 0 Å². The Hall–Kier alpha value is -1.40. The lowest BCUT2D eigenvalue weighted by Crippen LogP contribution is -2.54. The highest BCUT2D eigenvalue weighted by Gasteiger charge is 2.34. The minimum atomic E-state index is -0.304. The minimum absolute atomic E-state index is 0.0180. The molecule has 6 heteroatoms. The molecule has 0 aliphatic carbocycles. The van der Waals surface area contributed by atoms with Gasteiger partial charge in [0.25, 0.3) is 0 Å². The largest absolute Gasteiger partial charge is 0.394 e. The number of anilines is 2. The Morgan fingerprint density at radius 2 is 2.30 bits per heavy atom. The van der Waals surface area contributed by atoms with Crippen molar-refractivity contribution in [3.05, 3.63) is 11.8 Å². The Labute approximate surface area is 120 Å². The van der Waals surface area contributed by atoms with Crippen molar-refractivity contribution in [1.29, 1.82) is 0 Å². The Bertz CT molecular complexity index is 464. The summed E-state index contributed by atoms with van der Waals surface area (Å²) in [6, 6.07) is 0. The molecule has 2 N–H and O–H groups in total. The van der Waals surface area contributed by atoms with Crippen LogP contribution in [0.5, 0.6) is 0 Å². The van der Waals surface area contributed by atoms with E-state index in [1.807, 2.05) is 33.9 Å². The van der Waals surface area contributed by atoms with Gasteiger partial charge in [-0.2, -0.15) is 4.98 Å². The third kappa shape index (κ3) is 3.37. The summed E-state index contributed by atoms with van der Waals surface area (Å²) in [5, 5.41) is 12.5. The average Bonchev–Trinajstić information content (AvgIpc) is 2.39. The lowest BCUT2D eigenvalue weighted by Gasteiger charge is -2.43. The Balaban J connectivity index is 2.27. The number of hydrogen-bond donors (Lipinski definition) is 2. The molecular weight excluding hydrogens is 256 g/mol. The second-order valence-corrected chi connectivity index (χ2v) is 5.79. The number of aromatic nitrogens is 2. The van der Waals surface area contributed by atoms with Crippen LogP contribution in [0.15, 0.2) is 6.20 Å². The van der Waals surface area contributed by atoms with Crippen molar-refractivity contribution >= 4 is 11.8 Å². The van der Waals surface area contributed by atoms with Crippen LogP contribution in [0, 0.1) is 6.92 Å². The average molecular weight is 280 g/mol. The van der Waals surface area contributed by atoms with Crippen molar-refractivity contribution in [3.63, 3.8) is 0 Å². The summed E-state index contributed by atoms with van der Waals surface area (Å²) in [6.07, 6.45) is 1.65. The first kappa shape index (κ1) is 15.0. The van der Waals surface area contributed by atoms with E-state index in [-0.39, 0.29) is 18.3 Å². The second kappa shape index (κ2) is 5.93. The minimum Gasteiger partial charge on any atom is -0.394 e. The molecule has 0 amide bonds. The van der Waals surface area contributed by atoms with Crippen LogP contribution in [0.1, 0.15) is 26.3 Å². The molecule has 0 bridgehead atoms. The first-order valence-corrected chi connectivity index (χ1v) is 7.06. The molecule has 2 heterocycles. The molecule has 0 aromatic carbocycles. The molecule has 1 unspecified atom stereocenters. The number of aliphatic hydroxyl groups excluding tert-OH is 1. The molecule has 0 spiro atoms. The zero-order chi connectivity index (χ0) is 14.8. The molecule has 2 rings (SSSR count). The first-order valence-electron chi connectivity index (χ1n) is 7.06. The first-order chi connectivity index (χ1) is 9.45. The third-order valence-corrected chi connectivity index (χ3v) is 3.26. The van der Waals surface area contributed by atoms with Gasteiger partial charge in [0.15, 0.2) is 0 Å². The van der Waals surface area contributed by atoms with Gasteiger partial charge in [-0.3, -0.25) is 0 Å². The summed E-state index contributed by atoms with van der Waals surface area (Å²) in [5.41, 5.74) is 0.725. The topological polar surface area (TPSA) is 70.5 Å². The molecule has 1 aromatic rings. The summed E-state index contributed by atoms with van der Waals surface area (Å²) in [7, 11) is 0. The van der Waals surface area contributed by atoms with Crippen molar-refractivity contribution in [2.75, 3.05) is 36.5 Å². The molecule has 1 aromatic heterocycles. The number of rotatable bonds is 4. The predicted octanol–water partition coefficient (Wildman–Crippen LogP) is 1.19. The monoisotopic (exact) mass is 280 g/mol. The molecular formula is C14H24N4O2. The highest BCUT2D eigenvalue weighted by molar-refractivity contribution is 5.49. The van der Waals surface area contributed by atoms with E-state index >= 15 is 0 Å². The lowest BCUT2D eigenvalue weighted by molar-refractivity contribution is -0.101. The SMILES string of the molecule is CCNc1ncc(C)c(N2CC(CO)OC(C)(C)C2)n1. The number of hydrogen-bond acceptors (Lipinski definition) is 6. The van der Waals surface area contributed by atoms with Gasteiger partial charge in [0.1, 0.15) is 5.82 Å². The van der Waals surface area contributed by atoms with Gasteiger partial charge in [0, 0.05) is 31.4 Å². The van der Waals surface area contributed by atoms with Gasteiger partial charge in [0.2, 0.25) is 5.95 Å². The molecule has 6 nitrogen and oxygen atoms in total. The molecule has 1 atom stereocenters. The van der Waals surface area contributed by atoms with E-state index in [1.165, 1.54) is 0 Å². The van der Waals surface area contributed by atoms with Gasteiger partial charge >= 0.3 is 0 Å². The van der Waals surface area contributed by atoms with Gasteiger partial charge in [-0.25, -0.2) is 4.98 Å². The van der Waals surface area contributed by atoms with Crippen molar-refractivity contribution < 1.29 is 9.84 Å². The number of morpholine rings is 1. The Kier molecular flexibility index (Phi) is 4.45. The normalized spacial score (nSPS) is 21.9. The molecule has 0 radical (unpaired) electrons. The maximum absolute atomic E-state index is 9.40. The highest BCUT2D eigenvalue weighted by Crippen LogP contribution is 2.27. The van der Waals surface area contributed by atoms with E-state index in [9.17, 15) is 5.11 Å². The summed E-state index contributed by atoms with van der Waals surface area (Å²) >= 11 is 0. The second-order valence-electron chi connectivity index (χ2n) is 5.79. The van der Waals surface area contributed by atoms with Crippen LogP contribution in [-0.4, -0.2) is 53.0 Å². The van der Waals surface area contributed by atoms with E-state index in [0.29, 0.717) is 12.5 Å². The van der Waals surface area contributed by atoms with Crippen molar-refractivity contribution in [1.82, 2.24) is 9.97 Å². The van der Waals surface area contributed by atoms with E-state index in [1.54, 1.807) is 0 Å². The number of nitrogens with zero attached hydrogens (tertiary/aromatic N) is 3. The standard InChI is InChI=1S/C14H24N4O2/c1-5-15-13-16-6-10(2)12(17-13)18-7-11(8-19)20-14(3,4)9-18/h6,11,19H,5,7-9H2,1-4H3,(H,15,16,17). The summed E-state index contributed by atoms with van der Waals surface area (Å²) < 4.78 is 5.84.